The van der Waals surface area contributed by atoms with Crippen LogP contribution >= 0.6 is 0 Å². The van der Waals surface area contributed by atoms with Gasteiger partial charge < -0.3 is 0 Å². The minimum absolute atomic E-state index is 0.00722. The van der Waals surface area contributed by atoms with Crippen LogP contribution in [0.25, 0.3) is 0 Å². The van der Waals surface area contributed by atoms with Crippen LogP contribution in [0, 0.1) is 17.2 Å². The number of hydrogen-bond acceptors (Lipinski definition) is 4. The highest BCUT2D eigenvalue weighted by molar-refractivity contribution is 7.91. The predicted molar refractivity (Wildman–Crippen MR) is 60.5 cm³/mol. The van der Waals surface area contributed by atoms with Crippen LogP contribution in [0.3, 0.4) is 0 Å². The average Bonchev–Trinajstić information content (AvgIpc) is 2.27. The van der Waals surface area contributed by atoms with Crippen molar-refractivity contribution in [2.45, 2.75) is 25.3 Å². The zero-order chi connectivity index (χ0) is 12.2. The Balaban J connectivity index is 2.95. The Labute approximate surface area is 95.9 Å². The summed E-state index contributed by atoms with van der Waals surface area (Å²) in [6.45, 7) is 3.93. The van der Waals surface area contributed by atoms with Crippen molar-refractivity contribution < 1.29 is 8.42 Å². The van der Waals surface area contributed by atoms with E-state index in [1.807, 2.05) is 19.9 Å². The molecule has 0 atom stereocenters. The molecule has 0 bridgehead atoms. The van der Waals surface area contributed by atoms with E-state index in [1.165, 1.54) is 18.3 Å². The smallest absolute Gasteiger partial charge is 0.195 e. The molecule has 1 aromatic rings. The van der Waals surface area contributed by atoms with Gasteiger partial charge in [0, 0.05) is 6.20 Å². The molecule has 86 valence electrons. The summed E-state index contributed by atoms with van der Waals surface area (Å²) in [6.07, 6.45) is 1.95. The van der Waals surface area contributed by atoms with E-state index in [9.17, 15) is 8.42 Å². The molecule has 0 amide bonds. The van der Waals surface area contributed by atoms with Crippen molar-refractivity contribution in [1.82, 2.24) is 4.98 Å². The largest absolute Gasteiger partial charge is 0.245 e. The lowest BCUT2D eigenvalue weighted by atomic mass is 10.2. The summed E-state index contributed by atoms with van der Waals surface area (Å²) in [6, 6.07) is 4.70. The summed E-state index contributed by atoms with van der Waals surface area (Å²) in [5.41, 5.74) is 0.318. The van der Waals surface area contributed by atoms with Gasteiger partial charge in [0.05, 0.1) is 17.4 Å². The maximum atomic E-state index is 11.8. The van der Waals surface area contributed by atoms with E-state index < -0.39 is 9.84 Å². The van der Waals surface area contributed by atoms with Crippen LogP contribution in [0.4, 0.5) is 0 Å². The quantitative estimate of drug-likeness (QED) is 0.801. The molecule has 4 nitrogen and oxygen atoms in total. The second-order valence-electron chi connectivity index (χ2n) is 4.00. The minimum atomic E-state index is -3.35. The van der Waals surface area contributed by atoms with Crippen molar-refractivity contribution in [1.29, 1.82) is 5.26 Å². The Bertz CT molecular complexity index is 501. The molecule has 0 radical (unpaired) electrons. The first-order chi connectivity index (χ1) is 7.45. The molecular weight excluding hydrogens is 224 g/mol. The van der Waals surface area contributed by atoms with Gasteiger partial charge in [0.2, 0.25) is 0 Å². The molecule has 1 aromatic heterocycles. The molecule has 5 heteroatoms. The maximum absolute atomic E-state index is 11.8. The zero-order valence-electron chi connectivity index (χ0n) is 9.34. The molecule has 0 saturated heterocycles. The molecule has 1 rings (SSSR count). The van der Waals surface area contributed by atoms with Crippen LogP contribution < -0.4 is 0 Å². The second-order valence-corrected chi connectivity index (χ2v) is 6.05. The lowest BCUT2D eigenvalue weighted by molar-refractivity contribution is 0.570. The fraction of sp³-hybridized carbons (Fsp3) is 0.455. The summed E-state index contributed by atoms with van der Waals surface area (Å²) in [5, 5.41) is 8.67. The van der Waals surface area contributed by atoms with Gasteiger partial charge in [0.15, 0.2) is 14.9 Å². The average molecular weight is 238 g/mol. The van der Waals surface area contributed by atoms with Gasteiger partial charge in [-0.2, -0.15) is 5.26 Å². The third-order valence-corrected chi connectivity index (χ3v) is 3.78. The third-order valence-electron chi connectivity index (χ3n) is 2.15. The Hall–Kier alpha value is -1.41. The van der Waals surface area contributed by atoms with Crippen LogP contribution in [-0.2, 0) is 9.84 Å². The van der Waals surface area contributed by atoms with Crippen LogP contribution in [-0.4, -0.2) is 19.2 Å². The number of aromatic nitrogens is 1. The van der Waals surface area contributed by atoms with E-state index in [2.05, 4.69) is 4.98 Å². The summed E-state index contributed by atoms with van der Waals surface area (Å²) in [7, 11) is -3.35. The lowest BCUT2D eigenvalue weighted by Gasteiger charge is -2.05. The third kappa shape index (κ3) is 3.31. The van der Waals surface area contributed by atoms with E-state index in [4.69, 9.17) is 5.26 Å². The van der Waals surface area contributed by atoms with Gasteiger partial charge in [-0.1, -0.05) is 13.8 Å². The van der Waals surface area contributed by atoms with Gasteiger partial charge in [-0.3, -0.25) is 0 Å². The first kappa shape index (κ1) is 12.7. The summed E-state index contributed by atoms with van der Waals surface area (Å²) < 4.78 is 23.7. The highest BCUT2D eigenvalue weighted by atomic mass is 32.2. The summed E-state index contributed by atoms with van der Waals surface area (Å²) >= 11 is 0. The van der Waals surface area contributed by atoms with Crippen molar-refractivity contribution in [2.24, 2.45) is 5.92 Å². The highest BCUT2D eigenvalue weighted by Crippen LogP contribution is 2.12. The predicted octanol–water partition coefficient (Wildman–Crippen LogP) is 1.77. The fourth-order valence-corrected chi connectivity index (χ4v) is 2.66. The Morgan fingerprint density at radius 3 is 2.75 bits per heavy atom. The molecule has 0 unspecified atom stereocenters. The monoisotopic (exact) mass is 238 g/mol. The Morgan fingerprint density at radius 1 is 1.50 bits per heavy atom. The Morgan fingerprint density at radius 2 is 2.19 bits per heavy atom. The highest BCUT2D eigenvalue weighted by Gasteiger charge is 2.16. The van der Waals surface area contributed by atoms with E-state index >= 15 is 0 Å². The standard InChI is InChI=1S/C11H14N2O2S/c1-9(2)4-6-16(14,15)11-7-10(8-12)3-5-13-11/h3,5,7,9H,4,6H2,1-2H3. The van der Waals surface area contributed by atoms with E-state index in [0.29, 0.717) is 17.9 Å². The van der Waals surface area contributed by atoms with Crippen molar-refractivity contribution >= 4 is 9.84 Å². The molecule has 0 aliphatic heterocycles. The van der Waals surface area contributed by atoms with Crippen LogP contribution in [0.2, 0.25) is 0 Å². The van der Waals surface area contributed by atoms with Gasteiger partial charge >= 0.3 is 0 Å². The SMILES string of the molecule is CC(C)CCS(=O)(=O)c1cc(C#N)ccn1. The first-order valence-electron chi connectivity index (χ1n) is 5.04. The first-order valence-corrected chi connectivity index (χ1v) is 6.70. The molecule has 1 heterocycles. The van der Waals surface area contributed by atoms with Crippen molar-refractivity contribution in [3.8, 4) is 6.07 Å². The second kappa shape index (κ2) is 5.08. The molecule has 0 N–H and O–H groups in total. The molecule has 0 fully saturated rings. The van der Waals surface area contributed by atoms with Crippen molar-refractivity contribution in [3.63, 3.8) is 0 Å². The zero-order valence-corrected chi connectivity index (χ0v) is 10.2. The van der Waals surface area contributed by atoms with E-state index in [-0.39, 0.29) is 10.8 Å². The Kier molecular flexibility index (Phi) is 4.02. The van der Waals surface area contributed by atoms with Crippen LogP contribution in [0.15, 0.2) is 23.4 Å². The van der Waals surface area contributed by atoms with Gasteiger partial charge in [0.25, 0.3) is 0 Å². The van der Waals surface area contributed by atoms with Gasteiger partial charge in [-0.05, 0) is 24.5 Å². The molecule has 0 saturated carbocycles. The number of nitrogens with zero attached hydrogens (tertiary/aromatic N) is 2. The molecule has 16 heavy (non-hydrogen) atoms. The lowest BCUT2D eigenvalue weighted by Crippen LogP contribution is -2.10. The van der Waals surface area contributed by atoms with Gasteiger partial charge in [-0.15, -0.1) is 0 Å². The van der Waals surface area contributed by atoms with Crippen LogP contribution in [0.5, 0.6) is 0 Å². The maximum Gasteiger partial charge on any atom is 0.195 e. The number of hydrogen-bond donors (Lipinski definition) is 0. The fourth-order valence-electron chi connectivity index (χ4n) is 1.14. The van der Waals surface area contributed by atoms with Crippen molar-refractivity contribution in [2.75, 3.05) is 5.75 Å². The summed E-state index contributed by atoms with van der Waals surface area (Å²) in [5.74, 6) is 0.404. The number of rotatable bonds is 4. The minimum Gasteiger partial charge on any atom is -0.245 e. The number of pyridine rings is 1. The van der Waals surface area contributed by atoms with Crippen molar-refractivity contribution in [3.05, 3.63) is 23.9 Å². The molecule has 0 aromatic carbocycles. The van der Waals surface area contributed by atoms with Crippen LogP contribution in [0.1, 0.15) is 25.8 Å². The topological polar surface area (TPSA) is 70.8 Å². The molecule has 0 spiro atoms. The normalized spacial score (nSPS) is 11.4. The van der Waals surface area contributed by atoms with Gasteiger partial charge in [-0.25, -0.2) is 13.4 Å². The van der Waals surface area contributed by atoms with E-state index in [0.717, 1.165) is 0 Å². The number of nitriles is 1. The van der Waals surface area contributed by atoms with E-state index in [1.54, 1.807) is 0 Å². The van der Waals surface area contributed by atoms with Gasteiger partial charge in [0.1, 0.15) is 0 Å². The molecule has 0 aliphatic rings. The molecule has 0 aliphatic carbocycles. The number of sulfone groups is 1. The summed E-state index contributed by atoms with van der Waals surface area (Å²) in [4.78, 5) is 3.80. The molecular formula is C11H14N2O2S.